The molecule has 1 aliphatic rings. The summed E-state index contributed by atoms with van der Waals surface area (Å²) in [6, 6.07) is 0.477. The van der Waals surface area contributed by atoms with Crippen LogP contribution in [-0.2, 0) is 9.59 Å². The van der Waals surface area contributed by atoms with Crippen LogP contribution in [0.15, 0.2) is 0 Å². The summed E-state index contributed by atoms with van der Waals surface area (Å²) in [5.41, 5.74) is 0. The van der Waals surface area contributed by atoms with E-state index in [1.54, 1.807) is 0 Å². The Morgan fingerprint density at radius 2 is 1.67 bits per heavy atom. The summed E-state index contributed by atoms with van der Waals surface area (Å²) in [5.74, 6) is 0.188. The molecule has 0 atom stereocenters. The summed E-state index contributed by atoms with van der Waals surface area (Å²) < 4.78 is 0. The first kappa shape index (κ1) is 15.0. The van der Waals surface area contributed by atoms with E-state index < -0.39 is 0 Å². The monoisotopic (exact) mass is 255 g/mol. The molecule has 0 bridgehead atoms. The molecule has 0 aromatic rings. The largest absolute Gasteiger partial charge is 0.354 e. The lowest BCUT2D eigenvalue weighted by Gasteiger charge is -2.12. The Kier molecular flexibility index (Phi) is 6.72. The van der Waals surface area contributed by atoms with Gasteiger partial charge in [0.1, 0.15) is 0 Å². The summed E-state index contributed by atoms with van der Waals surface area (Å²) >= 11 is 0. The Hall–Kier alpha value is -1.10. The molecule has 0 aromatic heterocycles. The Morgan fingerprint density at radius 1 is 1.06 bits per heavy atom. The van der Waals surface area contributed by atoms with Crippen LogP contribution in [0.5, 0.6) is 0 Å². The summed E-state index contributed by atoms with van der Waals surface area (Å²) in [6.45, 7) is 5.09. The second-order valence-corrected chi connectivity index (χ2v) is 5.34. The van der Waals surface area contributed by atoms with Gasteiger partial charge in [0.15, 0.2) is 0 Å². The molecule has 0 spiro atoms. The van der Waals surface area contributed by atoms with E-state index in [1.807, 2.05) is 13.8 Å². The Labute approximate surface area is 109 Å². The molecule has 1 fully saturated rings. The third kappa shape index (κ3) is 6.59. The second-order valence-electron chi connectivity index (χ2n) is 5.34. The third-order valence-electron chi connectivity index (χ3n) is 3.06. The topological polar surface area (TPSA) is 70.2 Å². The predicted molar refractivity (Wildman–Crippen MR) is 71.1 cm³/mol. The van der Waals surface area contributed by atoms with Crippen LogP contribution in [0.3, 0.4) is 0 Å². The minimum atomic E-state index is -0.127. The van der Waals surface area contributed by atoms with Crippen LogP contribution in [0.25, 0.3) is 0 Å². The average Bonchev–Trinajstić information content (AvgIpc) is 2.84. The number of rotatable bonds is 7. The van der Waals surface area contributed by atoms with E-state index in [0.717, 1.165) is 12.8 Å². The van der Waals surface area contributed by atoms with Crippen LogP contribution < -0.4 is 16.0 Å². The van der Waals surface area contributed by atoms with Gasteiger partial charge in [0.25, 0.3) is 0 Å². The van der Waals surface area contributed by atoms with E-state index in [4.69, 9.17) is 0 Å². The lowest BCUT2D eigenvalue weighted by atomic mass is 10.2. The van der Waals surface area contributed by atoms with Gasteiger partial charge in [-0.05, 0) is 18.8 Å². The number of nitrogens with one attached hydrogen (secondary N) is 3. The maximum Gasteiger partial charge on any atom is 0.239 e. The highest BCUT2D eigenvalue weighted by Gasteiger charge is 2.15. The van der Waals surface area contributed by atoms with E-state index in [2.05, 4.69) is 16.0 Å². The van der Waals surface area contributed by atoms with Crippen molar-refractivity contribution in [3.8, 4) is 0 Å². The Bertz CT molecular complexity index is 273. The normalized spacial score (nSPS) is 15.9. The van der Waals surface area contributed by atoms with Crippen LogP contribution in [0.1, 0.15) is 39.5 Å². The molecule has 0 unspecified atom stereocenters. The van der Waals surface area contributed by atoms with Gasteiger partial charge in [-0.15, -0.1) is 0 Å². The first-order chi connectivity index (χ1) is 8.58. The summed E-state index contributed by atoms with van der Waals surface area (Å²) in [4.78, 5) is 22.9. The fourth-order valence-corrected chi connectivity index (χ4v) is 1.99. The van der Waals surface area contributed by atoms with Crippen molar-refractivity contribution in [2.75, 3.05) is 19.6 Å². The van der Waals surface area contributed by atoms with Gasteiger partial charge in [-0.25, -0.2) is 0 Å². The summed E-state index contributed by atoms with van der Waals surface area (Å²) in [5, 5.41) is 8.59. The predicted octanol–water partition coefficient (Wildman–Crippen LogP) is 0.407. The maximum absolute atomic E-state index is 11.5. The van der Waals surface area contributed by atoms with E-state index in [9.17, 15) is 9.59 Å². The number of carbonyl (C=O) groups is 2. The zero-order chi connectivity index (χ0) is 13.4. The fourth-order valence-electron chi connectivity index (χ4n) is 1.99. The first-order valence-corrected chi connectivity index (χ1v) is 6.84. The highest BCUT2D eigenvalue weighted by molar-refractivity contribution is 5.85. The molecule has 1 aliphatic carbocycles. The van der Waals surface area contributed by atoms with E-state index in [-0.39, 0.29) is 18.4 Å². The average molecular weight is 255 g/mol. The first-order valence-electron chi connectivity index (χ1n) is 6.84. The van der Waals surface area contributed by atoms with Gasteiger partial charge in [0.2, 0.25) is 11.8 Å². The number of carbonyl (C=O) groups excluding carboxylic acids is 2. The lowest BCUT2D eigenvalue weighted by molar-refractivity contribution is -0.125. The van der Waals surface area contributed by atoms with Crippen molar-refractivity contribution in [3.63, 3.8) is 0 Å². The standard InChI is InChI=1S/C13H25N3O2/c1-10(2)7-15-13(18)9-16-12(17)8-14-11-5-3-4-6-11/h10-11,14H,3-9H2,1-2H3,(H,15,18)(H,16,17). The van der Waals surface area contributed by atoms with Gasteiger partial charge >= 0.3 is 0 Å². The molecule has 2 amide bonds. The molecule has 1 saturated carbocycles. The number of hydrogen-bond acceptors (Lipinski definition) is 3. The van der Waals surface area contributed by atoms with Crippen LogP contribution in [0.2, 0.25) is 0 Å². The van der Waals surface area contributed by atoms with Crippen LogP contribution in [0.4, 0.5) is 0 Å². The van der Waals surface area contributed by atoms with Crippen molar-refractivity contribution in [3.05, 3.63) is 0 Å². The van der Waals surface area contributed by atoms with E-state index in [0.29, 0.717) is 25.0 Å². The molecule has 3 N–H and O–H groups in total. The quantitative estimate of drug-likeness (QED) is 0.617. The van der Waals surface area contributed by atoms with Gasteiger partial charge in [0.05, 0.1) is 13.1 Å². The van der Waals surface area contributed by atoms with Crippen molar-refractivity contribution in [2.45, 2.75) is 45.6 Å². The molecule has 5 nitrogen and oxygen atoms in total. The lowest BCUT2D eigenvalue weighted by Crippen LogP contribution is -2.43. The van der Waals surface area contributed by atoms with Gasteiger partial charge < -0.3 is 16.0 Å². The molecule has 0 heterocycles. The van der Waals surface area contributed by atoms with E-state index >= 15 is 0 Å². The molecule has 5 heteroatoms. The van der Waals surface area contributed by atoms with Gasteiger partial charge in [0, 0.05) is 12.6 Å². The molecule has 0 aromatic carbocycles. The summed E-state index contributed by atoms with van der Waals surface area (Å²) in [7, 11) is 0. The second kappa shape index (κ2) is 8.08. The molecule has 0 saturated heterocycles. The van der Waals surface area contributed by atoms with Crippen LogP contribution in [0, 0.1) is 5.92 Å². The molecular weight excluding hydrogens is 230 g/mol. The van der Waals surface area contributed by atoms with E-state index in [1.165, 1.54) is 12.8 Å². The molecule has 1 rings (SSSR count). The maximum atomic E-state index is 11.5. The minimum absolute atomic E-state index is 0.0674. The summed E-state index contributed by atoms with van der Waals surface area (Å²) in [6.07, 6.45) is 4.80. The van der Waals surface area contributed by atoms with Crippen molar-refractivity contribution in [1.82, 2.24) is 16.0 Å². The number of amides is 2. The third-order valence-corrected chi connectivity index (χ3v) is 3.06. The molecule has 104 valence electrons. The highest BCUT2D eigenvalue weighted by Crippen LogP contribution is 2.17. The van der Waals surface area contributed by atoms with Crippen molar-refractivity contribution < 1.29 is 9.59 Å². The van der Waals surface area contributed by atoms with Crippen LogP contribution in [-0.4, -0.2) is 37.5 Å². The Balaban J connectivity index is 2.03. The smallest absolute Gasteiger partial charge is 0.239 e. The van der Waals surface area contributed by atoms with Gasteiger partial charge in [-0.3, -0.25) is 9.59 Å². The number of hydrogen-bond donors (Lipinski definition) is 3. The van der Waals surface area contributed by atoms with Crippen molar-refractivity contribution >= 4 is 11.8 Å². The molecule has 18 heavy (non-hydrogen) atoms. The highest BCUT2D eigenvalue weighted by atomic mass is 16.2. The molecule has 0 radical (unpaired) electrons. The van der Waals surface area contributed by atoms with Crippen LogP contribution >= 0.6 is 0 Å². The SMILES string of the molecule is CC(C)CNC(=O)CNC(=O)CNC1CCCC1. The zero-order valence-electron chi connectivity index (χ0n) is 11.4. The molecule has 0 aliphatic heterocycles. The van der Waals surface area contributed by atoms with Crippen molar-refractivity contribution in [1.29, 1.82) is 0 Å². The van der Waals surface area contributed by atoms with Crippen molar-refractivity contribution in [2.24, 2.45) is 5.92 Å². The zero-order valence-corrected chi connectivity index (χ0v) is 11.4. The van der Waals surface area contributed by atoms with Gasteiger partial charge in [-0.2, -0.15) is 0 Å². The fraction of sp³-hybridized carbons (Fsp3) is 0.846. The Morgan fingerprint density at radius 3 is 2.28 bits per heavy atom. The van der Waals surface area contributed by atoms with Gasteiger partial charge in [-0.1, -0.05) is 26.7 Å². The molecular formula is C13H25N3O2. The minimum Gasteiger partial charge on any atom is -0.354 e.